The Kier molecular flexibility index (Phi) is 11.4. The summed E-state index contributed by atoms with van der Waals surface area (Å²) in [6, 6.07) is 8.58. The molecule has 0 radical (unpaired) electrons. The van der Waals surface area contributed by atoms with Crippen LogP contribution in [0.25, 0.3) is 0 Å². The quantitative estimate of drug-likeness (QED) is 0.513. The van der Waals surface area contributed by atoms with Gasteiger partial charge < -0.3 is 5.11 Å². The monoisotopic (exact) mass is 410 g/mol. The Hall–Kier alpha value is -1.97. The van der Waals surface area contributed by atoms with E-state index in [1.807, 2.05) is 7.05 Å². The average molecular weight is 411 g/mol. The van der Waals surface area contributed by atoms with E-state index in [1.165, 1.54) is 11.1 Å². The normalized spacial score (nSPS) is 26.1. The van der Waals surface area contributed by atoms with E-state index in [1.54, 1.807) is 0 Å². The van der Waals surface area contributed by atoms with Gasteiger partial charge in [-0.1, -0.05) is 60.7 Å². The van der Waals surface area contributed by atoms with Crippen molar-refractivity contribution in [3.05, 3.63) is 71.8 Å². The molecule has 1 aliphatic rings. The zero-order valence-corrected chi connectivity index (χ0v) is 18.8. The number of nitrogens with zero attached hydrogens (tertiary/aromatic N) is 1. The van der Waals surface area contributed by atoms with Gasteiger partial charge in [0.2, 0.25) is 0 Å². The van der Waals surface area contributed by atoms with Crippen LogP contribution in [0.1, 0.15) is 62.5 Å². The zero-order valence-electron chi connectivity index (χ0n) is 18.8. The maximum absolute atomic E-state index is 13.0. The van der Waals surface area contributed by atoms with Gasteiger partial charge in [-0.15, -0.1) is 0 Å². The molecule has 1 aliphatic heterocycles. The van der Waals surface area contributed by atoms with Crippen LogP contribution in [0.4, 0.5) is 0 Å². The molecular formula is C27H40NO2+. The molecule has 0 aromatic heterocycles. The largest absolute Gasteiger partial charge is 0.390 e. The predicted molar refractivity (Wildman–Crippen MR) is 126 cm³/mol. The van der Waals surface area contributed by atoms with Crippen LogP contribution >= 0.6 is 0 Å². The van der Waals surface area contributed by atoms with E-state index in [0.717, 1.165) is 64.3 Å². The summed E-state index contributed by atoms with van der Waals surface area (Å²) in [5, 5.41) is 9.51. The summed E-state index contributed by atoms with van der Waals surface area (Å²) in [7, 11) is 2.00. The molecular weight excluding hydrogens is 370 g/mol. The number of benzene rings is 1. The summed E-state index contributed by atoms with van der Waals surface area (Å²) in [4.78, 5) is 13.0. The number of hydrogen-bond donors (Lipinski definition) is 1. The number of aliphatic hydroxyl groups is 1. The molecule has 1 aromatic rings. The molecule has 2 rings (SSSR count). The van der Waals surface area contributed by atoms with E-state index in [-0.39, 0.29) is 12.5 Å². The number of rotatable bonds is 2. The number of hydrogen-bond acceptors (Lipinski definition) is 2. The highest BCUT2D eigenvalue weighted by Gasteiger charge is 2.29. The van der Waals surface area contributed by atoms with Crippen molar-refractivity contribution in [3.63, 3.8) is 0 Å². The third kappa shape index (κ3) is 8.81. The van der Waals surface area contributed by atoms with Crippen molar-refractivity contribution in [2.24, 2.45) is 0 Å². The molecule has 0 saturated heterocycles. The number of carbonyl (C=O) groups excluding carboxylic acids is 1. The Morgan fingerprint density at radius 1 is 0.833 bits per heavy atom. The molecule has 3 heteroatoms. The van der Waals surface area contributed by atoms with Gasteiger partial charge in [0, 0.05) is 0 Å². The van der Waals surface area contributed by atoms with Crippen LogP contribution in [0.3, 0.4) is 0 Å². The van der Waals surface area contributed by atoms with Crippen LogP contribution in [0.15, 0.2) is 60.7 Å². The van der Waals surface area contributed by atoms with Gasteiger partial charge >= 0.3 is 5.91 Å². The summed E-state index contributed by atoms with van der Waals surface area (Å²) in [6.45, 7) is 1.41. The van der Waals surface area contributed by atoms with Crippen molar-refractivity contribution in [1.29, 1.82) is 0 Å². The molecule has 1 N–H and O–H groups in total. The Morgan fingerprint density at radius 3 is 2.30 bits per heavy atom. The van der Waals surface area contributed by atoms with Crippen LogP contribution < -0.4 is 0 Å². The van der Waals surface area contributed by atoms with Crippen molar-refractivity contribution in [2.45, 2.75) is 64.2 Å². The van der Waals surface area contributed by atoms with Crippen LogP contribution in [0, 0.1) is 0 Å². The van der Waals surface area contributed by atoms with Gasteiger partial charge in [0.25, 0.3) is 0 Å². The third-order valence-corrected chi connectivity index (χ3v) is 6.06. The number of aryl methyl sites for hydroxylation is 1. The minimum Gasteiger partial charge on any atom is -0.390 e. The fourth-order valence-electron chi connectivity index (χ4n) is 4.05. The van der Waals surface area contributed by atoms with Crippen LogP contribution in [0.2, 0.25) is 0 Å². The first-order valence-electron chi connectivity index (χ1n) is 11.7. The lowest BCUT2D eigenvalue weighted by Gasteiger charge is -2.31. The molecule has 1 heterocycles. The van der Waals surface area contributed by atoms with Gasteiger partial charge in [-0.25, -0.2) is 4.79 Å². The van der Waals surface area contributed by atoms with Gasteiger partial charge in [-0.2, -0.15) is 0 Å². The molecule has 0 fully saturated rings. The molecule has 0 bridgehead atoms. The van der Waals surface area contributed by atoms with Gasteiger partial charge in [0.1, 0.15) is 6.54 Å². The van der Waals surface area contributed by atoms with E-state index >= 15 is 0 Å². The third-order valence-electron chi connectivity index (χ3n) is 6.06. The van der Waals surface area contributed by atoms with E-state index in [9.17, 15) is 9.90 Å². The molecule has 0 aliphatic carbocycles. The first kappa shape index (κ1) is 24.3. The van der Waals surface area contributed by atoms with Crippen molar-refractivity contribution < 1.29 is 14.4 Å². The number of aliphatic hydroxyl groups excluding tert-OH is 1. The van der Waals surface area contributed by atoms with Gasteiger partial charge in [-0.05, 0) is 68.9 Å². The fraction of sp³-hybridized carbons (Fsp3) is 0.519. The van der Waals surface area contributed by atoms with Crippen LogP contribution in [-0.2, 0) is 17.6 Å². The first-order valence-corrected chi connectivity index (χ1v) is 11.7. The highest BCUT2D eigenvalue weighted by atomic mass is 16.3. The molecule has 0 spiro atoms. The summed E-state index contributed by atoms with van der Waals surface area (Å²) in [5.74, 6) is 0.262. The highest BCUT2D eigenvalue weighted by molar-refractivity contribution is 5.68. The van der Waals surface area contributed by atoms with Crippen LogP contribution in [-0.4, -0.2) is 42.2 Å². The molecule has 0 saturated carbocycles. The van der Waals surface area contributed by atoms with Gasteiger partial charge in [0.05, 0.1) is 26.6 Å². The van der Waals surface area contributed by atoms with E-state index in [0.29, 0.717) is 17.4 Å². The van der Waals surface area contributed by atoms with Crippen molar-refractivity contribution >= 4 is 5.91 Å². The molecule has 1 aromatic carbocycles. The minimum atomic E-state index is 0.0632. The number of amides is 1. The van der Waals surface area contributed by atoms with Crippen molar-refractivity contribution in [1.82, 2.24) is 0 Å². The van der Waals surface area contributed by atoms with E-state index in [2.05, 4.69) is 60.7 Å². The molecule has 1 amide bonds. The molecule has 1 atom stereocenters. The van der Waals surface area contributed by atoms with Gasteiger partial charge in [0.15, 0.2) is 0 Å². The molecule has 1 unspecified atom stereocenters. The fourth-order valence-corrected chi connectivity index (χ4v) is 4.05. The maximum atomic E-state index is 13.0. The first-order chi connectivity index (χ1) is 14.7. The van der Waals surface area contributed by atoms with E-state index < -0.39 is 0 Å². The number of fused-ring (bicyclic) bond motifs is 1. The topological polar surface area (TPSA) is 37.3 Å². The summed E-state index contributed by atoms with van der Waals surface area (Å²) >= 11 is 0. The standard InChI is InChI=1S/C27H40NO2/c1-28(23-24-29)22-15-11-9-7-5-3-2-4-6-8-10-12-17-25-18-13-14-19-26(25)20-16-21-27(28)30/h3-6,10,12-14,18-19,29H,2,7-9,11,15-17,20-24H2,1H3/q+1/b5-3-,6-4-,12-10-. The lowest BCUT2D eigenvalue weighted by atomic mass is 9.99. The highest BCUT2D eigenvalue weighted by Crippen LogP contribution is 2.17. The second-order valence-corrected chi connectivity index (χ2v) is 8.52. The van der Waals surface area contributed by atoms with Crippen molar-refractivity contribution in [2.75, 3.05) is 26.7 Å². The Labute approximate surface area is 183 Å². The summed E-state index contributed by atoms with van der Waals surface area (Å²) in [6.07, 6.45) is 23.2. The lowest BCUT2D eigenvalue weighted by Crippen LogP contribution is -2.51. The second kappa shape index (κ2) is 14.1. The maximum Gasteiger partial charge on any atom is 0.313 e. The Balaban J connectivity index is 2.06. The van der Waals surface area contributed by atoms with E-state index in [4.69, 9.17) is 0 Å². The molecule has 164 valence electrons. The SMILES string of the molecule is C[N+]1(CCO)CCCCC/C=C\C/C=C\C/C=C\Cc2ccccc2CCCC1=O. The minimum absolute atomic E-state index is 0.0632. The Morgan fingerprint density at radius 2 is 1.53 bits per heavy atom. The molecule has 30 heavy (non-hydrogen) atoms. The number of quaternary nitrogens is 1. The lowest BCUT2D eigenvalue weighted by molar-refractivity contribution is -0.835. The predicted octanol–water partition coefficient (Wildman–Crippen LogP) is 5.54. The zero-order chi connectivity index (χ0) is 21.5. The van der Waals surface area contributed by atoms with Gasteiger partial charge in [-0.3, -0.25) is 4.48 Å². The summed E-state index contributed by atoms with van der Waals surface area (Å²) in [5.41, 5.74) is 2.70. The number of allylic oxidation sites excluding steroid dienone is 6. The second-order valence-electron chi connectivity index (χ2n) is 8.52. The van der Waals surface area contributed by atoms with Crippen molar-refractivity contribution in [3.8, 4) is 0 Å². The number of likely N-dealkylation sites (N-methyl/N-ethyl adjacent to an activating group) is 1. The number of carbonyl (C=O) groups is 1. The van der Waals surface area contributed by atoms with Crippen LogP contribution in [0.5, 0.6) is 0 Å². The molecule has 3 nitrogen and oxygen atoms in total. The summed E-state index contributed by atoms with van der Waals surface area (Å²) < 4.78 is 0.363. The smallest absolute Gasteiger partial charge is 0.313 e. The average Bonchev–Trinajstić information content (AvgIpc) is 2.74. The Bertz CT molecular complexity index is 719.